The first-order valence-corrected chi connectivity index (χ1v) is 4.69. The van der Waals surface area contributed by atoms with Crippen LogP contribution in [0.25, 0.3) is 0 Å². The van der Waals surface area contributed by atoms with Crippen molar-refractivity contribution in [1.82, 2.24) is 5.32 Å². The molecule has 0 saturated heterocycles. The number of nitrogens with one attached hydrogen (secondary N) is 1. The molecule has 0 saturated carbocycles. The van der Waals surface area contributed by atoms with Crippen LogP contribution in [0.2, 0.25) is 0 Å². The van der Waals surface area contributed by atoms with Crippen molar-refractivity contribution in [2.45, 2.75) is 25.9 Å². The summed E-state index contributed by atoms with van der Waals surface area (Å²) in [5.74, 6) is 0.966. The lowest BCUT2D eigenvalue weighted by Crippen LogP contribution is -2.32. The summed E-state index contributed by atoms with van der Waals surface area (Å²) >= 11 is 0. The summed E-state index contributed by atoms with van der Waals surface area (Å²) in [6.07, 6.45) is 1.10. The third-order valence-corrected chi connectivity index (χ3v) is 2.58. The lowest BCUT2D eigenvalue weighted by molar-refractivity contribution is 0.412. The van der Waals surface area contributed by atoms with Crippen molar-refractivity contribution < 1.29 is 4.74 Å². The molecule has 0 bridgehead atoms. The van der Waals surface area contributed by atoms with E-state index in [1.54, 1.807) is 7.11 Å². The Bertz CT molecular complexity index is 309. The molecule has 1 aliphatic rings. The van der Waals surface area contributed by atoms with Gasteiger partial charge >= 0.3 is 0 Å². The van der Waals surface area contributed by atoms with Gasteiger partial charge in [-0.3, -0.25) is 0 Å². The highest BCUT2D eigenvalue weighted by Gasteiger charge is 2.14. The summed E-state index contributed by atoms with van der Waals surface area (Å²) in [7, 11) is 1.71. The molecule has 1 heterocycles. The van der Waals surface area contributed by atoms with Crippen molar-refractivity contribution in [1.29, 1.82) is 0 Å². The predicted molar refractivity (Wildman–Crippen MR) is 53.0 cm³/mol. The Kier molecular flexibility index (Phi) is 2.23. The second-order valence-electron chi connectivity index (χ2n) is 3.62. The van der Waals surface area contributed by atoms with Gasteiger partial charge in [-0.05, 0) is 36.6 Å². The molecule has 2 nitrogen and oxygen atoms in total. The van der Waals surface area contributed by atoms with E-state index in [1.165, 1.54) is 11.1 Å². The van der Waals surface area contributed by atoms with Gasteiger partial charge in [-0.15, -0.1) is 0 Å². The average Bonchev–Trinajstić information content (AvgIpc) is 2.16. The first-order valence-electron chi connectivity index (χ1n) is 4.69. The summed E-state index contributed by atoms with van der Waals surface area (Å²) in [4.78, 5) is 0. The van der Waals surface area contributed by atoms with Crippen molar-refractivity contribution in [2.24, 2.45) is 0 Å². The molecule has 1 aliphatic heterocycles. The third kappa shape index (κ3) is 1.68. The highest BCUT2D eigenvalue weighted by molar-refractivity contribution is 5.37. The van der Waals surface area contributed by atoms with E-state index in [1.807, 2.05) is 6.07 Å². The Balaban J connectivity index is 2.32. The quantitative estimate of drug-likeness (QED) is 0.705. The van der Waals surface area contributed by atoms with Crippen molar-refractivity contribution in [3.8, 4) is 5.75 Å². The second-order valence-corrected chi connectivity index (χ2v) is 3.62. The number of methoxy groups -OCH3 is 1. The van der Waals surface area contributed by atoms with Crippen LogP contribution in [0.15, 0.2) is 18.2 Å². The third-order valence-electron chi connectivity index (χ3n) is 2.58. The van der Waals surface area contributed by atoms with Gasteiger partial charge in [0.05, 0.1) is 7.11 Å². The van der Waals surface area contributed by atoms with Crippen molar-refractivity contribution in [2.75, 3.05) is 7.11 Å². The zero-order valence-corrected chi connectivity index (χ0v) is 8.13. The minimum atomic E-state index is 0.583. The summed E-state index contributed by atoms with van der Waals surface area (Å²) in [6, 6.07) is 6.90. The Morgan fingerprint density at radius 1 is 1.38 bits per heavy atom. The predicted octanol–water partition coefficient (Wildman–Crippen LogP) is 1.73. The van der Waals surface area contributed by atoms with E-state index in [9.17, 15) is 0 Å². The molecule has 70 valence electrons. The Morgan fingerprint density at radius 2 is 2.23 bits per heavy atom. The molecule has 0 amide bonds. The van der Waals surface area contributed by atoms with Gasteiger partial charge in [0.1, 0.15) is 5.75 Å². The van der Waals surface area contributed by atoms with E-state index >= 15 is 0 Å². The van der Waals surface area contributed by atoms with Crippen molar-refractivity contribution >= 4 is 0 Å². The average molecular weight is 177 g/mol. The zero-order valence-electron chi connectivity index (χ0n) is 8.13. The molecule has 0 fully saturated rings. The number of rotatable bonds is 1. The van der Waals surface area contributed by atoms with E-state index in [-0.39, 0.29) is 0 Å². The van der Waals surface area contributed by atoms with Gasteiger partial charge < -0.3 is 10.1 Å². The highest BCUT2D eigenvalue weighted by atomic mass is 16.5. The number of fused-ring (bicyclic) bond motifs is 1. The zero-order chi connectivity index (χ0) is 9.26. The molecule has 1 aromatic rings. The molecule has 0 spiro atoms. The maximum atomic E-state index is 5.20. The van der Waals surface area contributed by atoms with Crippen LogP contribution >= 0.6 is 0 Å². The normalized spacial score (nSPS) is 20.9. The smallest absolute Gasteiger partial charge is 0.119 e. The molecular weight excluding hydrogens is 162 g/mol. The van der Waals surface area contributed by atoms with Gasteiger partial charge in [-0.2, -0.15) is 0 Å². The Morgan fingerprint density at radius 3 is 3.00 bits per heavy atom. The fourth-order valence-electron chi connectivity index (χ4n) is 1.78. The number of ether oxygens (including phenoxy) is 1. The fraction of sp³-hybridized carbons (Fsp3) is 0.455. The molecule has 1 atom stereocenters. The topological polar surface area (TPSA) is 21.3 Å². The van der Waals surface area contributed by atoms with Crippen LogP contribution in [-0.4, -0.2) is 13.2 Å². The van der Waals surface area contributed by atoms with Gasteiger partial charge in [0.2, 0.25) is 0 Å². The fourth-order valence-corrected chi connectivity index (χ4v) is 1.78. The molecule has 0 aliphatic carbocycles. The molecule has 13 heavy (non-hydrogen) atoms. The summed E-state index contributed by atoms with van der Waals surface area (Å²) in [5, 5.41) is 3.43. The lowest BCUT2D eigenvalue weighted by atomic mass is 9.96. The highest BCUT2D eigenvalue weighted by Crippen LogP contribution is 2.21. The van der Waals surface area contributed by atoms with Crippen LogP contribution in [0.1, 0.15) is 18.1 Å². The molecule has 0 aromatic heterocycles. The van der Waals surface area contributed by atoms with Gasteiger partial charge in [-0.1, -0.05) is 6.07 Å². The van der Waals surface area contributed by atoms with E-state index in [2.05, 4.69) is 24.4 Å². The minimum Gasteiger partial charge on any atom is -0.497 e. The van der Waals surface area contributed by atoms with Crippen LogP contribution in [0, 0.1) is 0 Å². The molecule has 1 unspecified atom stereocenters. The van der Waals surface area contributed by atoms with E-state index in [4.69, 9.17) is 4.74 Å². The van der Waals surface area contributed by atoms with E-state index in [0.29, 0.717) is 6.04 Å². The number of hydrogen-bond acceptors (Lipinski definition) is 2. The van der Waals surface area contributed by atoms with Crippen LogP contribution in [0.3, 0.4) is 0 Å². The maximum Gasteiger partial charge on any atom is 0.119 e. The van der Waals surface area contributed by atoms with Crippen LogP contribution in [0.5, 0.6) is 5.75 Å². The van der Waals surface area contributed by atoms with Gasteiger partial charge in [0.25, 0.3) is 0 Å². The maximum absolute atomic E-state index is 5.20. The standard InChI is InChI=1S/C11H15NO/c1-8-5-10-6-11(13-2)4-3-9(10)7-12-8/h3-4,6,8,12H,5,7H2,1-2H3. The first kappa shape index (κ1) is 8.57. The van der Waals surface area contributed by atoms with Gasteiger partial charge in [-0.25, -0.2) is 0 Å². The number of hydrogen-bond donors (Lipinski definition) is 1. The van der Waals surface area contributed by atoms with Crippen LogP contribution < -0.4 is 10.1 Å². The SMILES string of the molecule is COc1ccc2c(c1)CC(C)NC2. The molecule has 1 N–H and O–H groups in total. The minimum absolute atomic E-state index is 0.583. The van der Waals surface area contributed by atoms with Gasteiger partial charge in [0.15, 0.2) is 0 Å². The first-order chi connectivity index (χ1) is 6.29. The largest absolute Gasteiger partial charge is 0.497 e. The molecule has 2 heteroatoms. The Hall–Kier alpha value is -1.02. The van der Waals surface area contributed by atoms with Crippen LogP contribution in [0.4, 0.5) is 0 Å². The monoisotopic (exact) mass is 177 g/mol. The molecule has 2 rings (SSSR count). The Labute approximate surface area is 78.9 Å². The van der Waals surface area contributed by atoms with Crippen molar-refractivity contribution in [3.05, 3.63) is 29.3 Å². The summed E-state index contributed by atoms with van der Waals surface area (Å²) in [5.41, 5.74) is 2.82. The van der Waals surface area contributed by atoms with E-state index in [0.717, 1.165) is 18.7 Å². The molecular formula is C11H15NO. The van der Waals surface area contributed by atoms with Gasteiger partial charge in [0, 0.05) is 12.6 Å². The lowest BCUT2D eigenvalue weighted by Gasteiger charge is -2.23. The van der Waals surface area contributed by atoms with Crippen molar-refractivity contribution in [3.63, 3.8) is 0 Å². The summed E-state index contributed by atoms with van der Waals surface area (Å²) in [6.45, 7) is 3.20. The summed E-state index contributed by atoms with van der Waals surface area (Å²) < 4.78 is 5.20. The molecule has 0 radical (unpaired) electrons. The molecule has 1 aromatic carbocycles. The van der Waals surface area contributed by atoms with E-state index < -0.39 is 0 Å². The second kappa shape index (κ2) is 3.38. The van der Waals surface area contributed by atoms with Crippen LogP contribution in [-0.2, 0) is 13.0 Å². The number of benzene rings is 1.